The molecule has 2 aliphatic heterocycles. The Hall–Kier alpha value is -4.05. The molecule has 5 aliphatic rings. The normalized spacial score (nSPS) is 24.4. The average molecular weight is 814 g/mol. The molecular weight excluding hydrogens is 749 g/mol. The fourth-order valence-corrected chi connectivity index (χ4v) is 8.50. The largest absolute Gasteiger partial charge is 0.514 e. The molecule has 2 bridgehead atoms. The molecule has 3 aliphatic carbocycles. The van der Waals surface area contributed by atoms with Gasteiger partial charge in [0.15, 0.2) is 5.75 Å². The number of alkyl carbamates (subject to hydrolysis) is 1. The van der Waals surface area contributed by atoms with E-state index >= 15 is 0 Å². The van der Waals surface area contributed by atoms with Crippen LogP contribution in [-0.4, -0.2) is 95.8 Å². The zero-order chi connectivity index (χ0) is 43.2. The fourth-order valence-electron chi connectivity index (χ4n) is 8.50. The van der Waals surface area contributed by atoms with Gasteiger partial charge in [-0.3, -0.25) is 9.59 Å². The molecule has 6 rings (SSSR count). The molecule has 15 nitrogen and oxygen atoms in total. The van der Waals surface area contributed by atoms with Crippen LogP contribution in [0.1, 0.15) is 131 Å². The highest BCUT2D eigenvalue weighted by Gasteiger charge is 2.67. The van der Waals surface area contributed by atoms with Crippen LogP contribution in [-0.2, 0) is 39.5 Å². The Morgan fingerprint density at radius 3 is 2.16 bits per heavy atom. The summed E-state index contributed by atoms with van der Waals surface area (Å²) < 4.78 is 42.0. The van der Waals surface area contributed by atoms with Crippen molar-refractivity contribution in [1.29, 1.82) is 0 Å². The summed E-state index contributed by atoms with van der Waals surface area (Å²) in [6.07, 6.45) is 0.609. The van der Waals surface area contributed by atoms with E-state index in [1.165, 1.54) is 0 Å². The summed E-state index contributed by atoms with van der Waals surface area (Å²) in [6, 6.07) is 2.68. The zero-order valence-electron chi connectivity index (χ0n) is 36.4. The Kier molecular flexibility index (Phi) is 12.8. The van der Waals surface area contributed by atoms with Crippen LogP contribution < -0.4 is 20.5 Å². The molecule has 0 aromatic heterocycles. The second kappa shape index (κ2) is 16.5. The molecule has 3 saturated carbocycles. The number of nitrogens with one attached hydrogen (secondary N) is 1. The average Bonchev–Trinajstić information content (AvgIpc) is 3.37. The maximum atomic E-state index is 14.0. The molecule has 1 aromatic carbocycles. The first-order valence-corrected chi connectivity index (χ1v) is 20.5. The third-order valence-corrected chi connectivity index (χ3v) is 11.4. The lowest BCUT2D eigenvalue weighted by Gasteiger charge is -2.64. The number of amides is 3. The van der Waals surface area contributed by atoms with Crippen molar-refractivity contribution in [3.63, 3.8) is 0 Å². The van der Waals surface area contributed by atoms with Gasteiger partial charge in [-0.05, 0) is 130 Å². The lowest BCUT2D eigenvalue weighted by molar-refractivity contribution is -0.199. The van der Waals surface area contributed by atoms with Crippen molar-refractivity contribution >= 4 is 37.2 Å². The van der Waals surface area contributed by atoms with Crippen LogP contribution in [0.5, 0.6) is 11.5 Å². The minimum atomic E-state index is -1.00. The SMILES string of the molecule is CC(C)(C)OC(=O)N[C@@H](CCC(N)=O)CC(=O)N1CC(Oc2ccc(CCB3O[C@@H]4C[C@@H]5C[C@@H](C5(C)C)C4(C)O3)c(OC(=O)OC(C)(C)C)c2C(=O)OC(C)(C)C)C1. The predicted octanol–water partition coefficient (Wildman–Crippen LogP) is 6.37. The Bertz CT molecular complexity index is 1740. The topological polar surface area (TPSA) is 191 Å². The fraction of sp³-hybridized carbons (Fsp3) is 0.738. The van der Waals surface area contributed by atoms with Gasteiger partial charge in [-0.15, -0.1) is 0 Å². The number of carbonyl (C=O) groups is 5. The molecule has 2 saturated heterocycles. The highest BCUT2D eigenvalue weighted by molar-refractivity contribution is 6.45. The van der Waals surface area contributed by atoms with Crippen LogP contribution in [0.2, 0.25) is 6.32 Å². The van der Waals surface area contributed by atoms with Crippen LogP contribution in [0.3, 0.4) is 0 Å². The predicted molar refractivity (Wildman–Crippen MR) is 214 cm³/mol. The number of benzene rings is 1. The van der Waals surface area contributed by atoms with E-state index in [0.29, 0.717) is 30.1 Å². The van der Waals surface area contributed by atoms with Crippen molar-refractivity contribution in [1.82, 2.24) is 10.2 Å². The standard InChI is InChI=1S/C42H64BN3O12/c1-38(2,3)54-35(49)33-28(52-27-22-46(23-27)32(48)21-26(14-16-31(44)47)45-36(50)55-39(4,5)6)15-13-24(34(33)53-37(51)56-40(7,8)9)17-18-43-57-30-20-25-19-29(41(25,10)11)42(30,12)58-43/h13,15,25-27,29-30H,14,16-23H2,1-12H3,(H2,44,47)(H,45,50)/t25-,26-,29-,30+,42?/m0/s1. The summed E-state index contributed by atoms with van der Waals surface area (Å²) >= 11 is 0. The van der Waals surface area contributed by atoms with Crippen LogP contribution in [0.15, 0.2) is 12.1 Å². The minimum absolute atomic E-state index is 0.00366. The molecule has 5 atom stereocenters. The monoisotopic (exact) mass is 813 g/mol. The molecule has 322 valence electrons. The van der Waals surface area contributed by atoms with E-state index in [2.05, 4.69) is 26.1 Å². The second-order valence-corrected chi connectivity index (χ2v) is 20.0. The number of rotatable bonds is 13. The quantitative estimate of drug-likeness (QED) is 0.0971. The number of aryl methyl sites for hydroxylation is 1. The van der Waals surface area contributed by atoms with Crippen molar-refractivity contribution in [3.05, 3.63) is 23.3 Å². The van der Waals surface area contributed by atoms with Crippen molar-refractivity contribution in [2.24, 2.45) is 23.0 Å². The van der Waals surface area contributed by atoms with Gasteiger partial charge in [0.1, 0.15) is 34.2 Å². The van der Waals surface area contributed by atoms with Crippen molar-refractivity contribution in [3.8, 4) is 11.5 Å². The van der Waals surface area contributed by atoms with Gasteiger partial charge in [-0.2, -0.15) is 0 Å². The third kappa shape index (κ3) is 11.0. The smallest absolute Gasteiger partial charge is 0.486 e. The van der Waals surface area contributed by atoms with Crippen LogP contribution >= 0.6 is 0 Å². The van der Waals surface area contributed by atoms with Crippen molar-refractivity contribution in [2.75, 3.05) is 13.1 Å². The maximum absolute atomic E-state index is 14.0. The lowest BCUT2D eigenvalue weighted by atomic mass is 9.43. The van der Waals surface area contributed by atoms with Crippen LogP contribution in [0.4, 0.5) is 9.59 Å². The minimum Gasteiger partial charge on any atom is -0.486 e. The van der Waals surface area contributed by atoms with Gasteiger partial charge in [-0.1, -0.05) is 19.9 Å². The van der Waals surface area contributed by atoms with E-state index < -0.39 is 65.8 Å². The Morgan fingerprint density at radius 1 is 0.931 bits per heavy atom. The van der Waals surface area contributed by atoms with E-state index in [1.807, 2.05) is 0 Å². The number of primary amides is 1. The molecule has 16 heteroatoms. The van der Waals surface area contributed by atoms with Gasteiger partial charge >= 0.3 is 25.3 Å². The maximum Gasteiger partial charge on any atom is 0.514 e. The van der Waals surface area contributed by atoms with E-state index in [9.17, 15) is 24.0 Å². The van der Waals surface area contributed by atoms with Gasteiger partial charge in [0.2, 0.25) is 11.8 Å². The summed E-state index contributed by atoms with van der Waals surface area (Å²) in [6.45, 7) is 22.6. The van der Waals surface area contributed by atoms with E-state index in [4.69, 9.17) is 38.7 Å². The highest BCUT2D eigenvalue weighted by Crippen LogP contribution is 2.65. The van der Waals surface area contributed by atoms with Gasteiger partial charge < -0.3 is 48.9 Å². The molecule has 58 heavy (non-hydrogen) atoms. The van der Waals surface area contributed by atoms with Gasteiger partial charge in [0.05, 0.1) is 24.8 Å². The van der Waals surface area contributed by atoms with Gasteiger partial charge in [0, 0.05) is 18.9 Å². The molecule has 2 heterocycles. The highest BCUT2D eigenvalue weighted by atomic mass is 16.7. The zero-order valence-corrected chi connectivity index (χ0v) is 36.4. The molecule has 3 amide bonds. The Morgan fingerprint density at radius 2 is 1.57 bits per heavy atom. The Balaban J connectivity index is 1.34. The molecule has 0 spiro atoms. The number of nitrogens with zero attached hydrogens (tertiary/aromatic N) is 1. The summed E-state index contributed by atoms with van der Waals surface area (Å²) in [5.74, 6) is -0.567. The summed E-state index contributed by atoms with van der Waals surface area (Å²) in [5, 5.41) is 2.68. The second-order valence-electron chi connectivity index (χ2n) is 20.0. The van der Waals surface area contributed by atoms with E-state index in [1.54, 1.807) is 79.3 Å². The number of likely N-dealkylation sites (tertiary alicyclic amines) is 1. The third-order valence-electron chi connectivity index (χ3n) is 11.4. The van der Waals surface area contributed by atoms with Gasteiger partial charge in [0.25, 0.3) is 0 Å². The van der Waals surface area contributed by atoms with Crippen molar-refractivity contribution in [2.45, 2.75) is 169 Å². The summed E-state index contributed by atoms with van der Waals surface area (Å²) in [5.41, 5.74) is 3.03. The van der Waals surface area contributed by atoms with Crippen LogP contribution in [0, 0.1) is 17.3 Å². The lowest BCUT2D eigenvalue weighted by Crippen LogP contribution is -2.65. The molecule has 1 aromatic rings. The van der Waals surface area contributed by atoms with Crippen LogP contribution in [0.25, 0.3) is 0 Å². The number of nitrogens with two attached hydrogens (primary N) is 1. The molecule has 5 fully saturated rings. The van der Waals surface area contributed by atoms with E-state index in [0.717, 1.165) is 12.8 Å². The van der Waals surface area contributed by atoms with Gasteiger partial charge in [-0.25, -0.2) is 14.4 Å². The molecule has 1 unspecified atom stereocenters. The molecular formula is C42H64BN3O12. The van der Waals surface area contributed by atoms with Crippen molar-refractivity contribution < 1.29 is 57.0 Å². The summed E-state index contributed by atoms with van der Waals surface area (Å²) in [4.78, 5) is 66.2. The first-order chi connectivity index (χ1) is 26.6. The number of hydrogen-bond donors (Lipinski definition) is 2. The Labute approximate surface area is 343 Å². The number of carbonyl (C=O) groups excluding carboxylic acids is 5. The number of hydrogen-bond acceptors (Lipinski definition) is 12. The number of esters is 1. The number of ether oxygens (including phenoxy) is 5. The van der Waals surface area contributed by atoms with E-state index in [-0.39, 0.29) is 66.8 Å². The summed E-state index contributed by atoms with van der Waals surface area (Å²) in [7, 11) is -0.492. The molecule has 0 radical (unpaired) electrons. The molecule has 3 N–H and O–H groups in total. The first kappa shape index (κ1) is 45.0. The first-order valence-electron chi connectivity index (χ1n) is 20.5.